The minimum absolute atomic E-state index is 0.0397. The molecule has 2 atom stereocenters. The molecule has 8 heteroatoms. The monoisotopic (exact) mass is 428 g/mol. The van der Waals surface area contributed by atoms with Gasteiger partial charge < -0.3 is 10.2 Å². The summed E-state index contributed by atoms with van der Waals surface area (Å²) >= 11 is 3.44. The lowest BCUT2D eigenvalue weighted by molar-refractivity contribution is -0.127. The van der Waals surface area contributed by atoms with E-state index in [0.29, 0.717) is 13.0 Å². The van der Waals surface area contributed by atoms with Crippen LogP contribution in [0.1, 0.15) is 25.3 Å². The molecular formula is C17H21BrN2O4S. The Hall–Kier alpha value is -1.41. The van der Waals surface area contributed by atoms with Crippen molar-refractivity contribution in [2.45, 2.75) is 32.2 Å². The van der Waals surface area contributed by atoms with Gasteiger partial charge in [0.15, 0.2) is 9.84 Å². The van der Waals surface area contributed by atoms with E-state index in [-0.39, 0.29) is 29.7 Å². The number of carbonyl (C=O) groups excluding carboxylic acids is 2. The van der Waals surface area contributed by atoms with Crippen LogP contribution < -0.4 is 10.2 Å². The molecule has 1 aromatic rings. The first-order valence-corrected chi connectivity index (χ1v) is 10.8. The molecule has 0 unspecified atom stereocenters. The number of carbonyl (C=O) groups is 2. The van der Waals surface area contributed by atoms with Crippen LogP contribution in [-0.2, 0) is 19.4 Å². The Morgan fingerprint density at radius 1 is 1.40 bits per heavy atom. The molecule has 3 rings (SSSR count). The molecule has 25 heavy (non-hydrogen) atoms. The lowest BCUT2D eigenvalue weighted by Gasteiger charge is -2.25. The highest BCUT2D eigenvalue weighted by Crippen LogP contribution is 2.30. The van der Waals surface area contributed by atoms with Crippen LogP contribution >= 0.6 is 15.9 Å². The van der Waals surface area contributed by atoms with E-state index in [1.54, 1.807) is 11.8 Å². The number of amides is 2. The minimum Gasteiger partial charge on any atom is -0.350 e. The zero-order chi connectivity index (χ0) is 18.4. The molecule has 0 aromatic heterocycles. The molecule has 0 spiro atoms. The van der Waals surface area contributed by atoms with E-state index in [1.165, 1.54) is 0 Å². The summed E-state index contributed by atoms with van der Waals surface area (Å²) < 4.78 is 24.3. The van der Waals surface area contributed by atoms with Gasteiger partial charge in [-0.05, 0) is 44.0 Å². The van der Waals surface area contributed by atoms with Gasteiger partial charge in [-0.15, -0.1) is 0 Å². The van der Waals surface area contributed by atoms with Crippen LogP contribution in [0.4, 0.5) is 5.69 Å². The Morgan fingerprint density at radius 3 is 2.72 bits per heavy atom. The van der Waals surface area contributed by atoms with E-state index in [0.717, 1.165) is 15.7 Å². The predicted octanol–water partition coefficient (Wildman–Crippen LogP) is 1.80. The lowest BCUT2D eigenvalue weighted by Crippen LogP contribution is -2.49. The van der Waals surface area contributed by atoms with Crippen molar-refractivity contribution in [3.63, 3.8) is 0 Å². The summed E-state index contributed by atoms with van der Waals surface area (Å²) in [5, 5.41) is 2.86. The number of hydrogen-bond donors (Lipinski definition) is 1. The highest BCUT2D eigenvalue weighted by molar-refractivity contribution is 9.10. The Kier molecular flexibility index (Phi) is 4.70. The largest absolute Gasteiger partial charge is 0.350 e. The first-order chi connectivity index (χ1) is 11.6. The maximum Gasteiger partial charge on any atom is 0.227 e. The normalized spacial score (nSPS) is 28.4. The SMILES string of the molecule is Cc1cc(N2C[C@H](C(=O)N[C@@]3(C)CCS(=O)(=O)C3)CC2=O)ccc1Br. The molecule has 6 nitrogen and oxygen atoms in total. The van der Waals surface area contributed by atoms with Crippen LogP contribution in [0.25, 0.3) is 0 Å². The topological polar surface area (TPSA) is 83.6 Å². The number of nitrogens with one attached hydrogen (secondary N) is 1. The molecule has 1 N–H and O–H groups in total. The van der Waals surface area contributed by atoms with E-state index in [1.807, 2.05) is 25.1 Å². The van der Waals surface area contributed by atoms with Crippen molar-refractivity contribution in [1.29, 1.82) is 0 Å². The second-order valence-corrected chi connectivity index (χ2v) is 10.3. The molecule has 2 saturated heterocycles. The quantitative estimate of drug-likeness (QED) is 0.795. The first kappa shape index (κ1) is 18.4. The molecule has 2 fully saturated rings. The zero-order valence-corrected chi connectivity index (χ0v) is 16.6. The fourth-order valence-electron chi connectivity index (χ4n) is 3.44. The lowest BCUT2D eigenvalue weighted by atomic mass is 9.99. The van der Waals surface area contributed by atoms with E-state index in [2.05, 4.69) is 21.2 Å². The maximum absolute atomic E-state index is 12.6. The second-order valence-electron chi connectivity index (χ2n) is 7.23. The van der Waals surface area contributed by atoms with Gasteiger partial charge in [-0.1, -0.05) is 15.9 Å². The third-order valence-electron chi connectivity index (χ3n) is 4.88. The van der Waals surface area contributed by atoms with Crippen molar-refractivity contribution in [2.24, 2.45) is 5.92 Å². The summed E-state index contributed by atoms with van der Waals surface area (Å²) in [6.07, 6.45) is 0.557. The van der Waals surface area contributed by atoms with Gasteiger partial charge in [0.1, 0.15) is 0 Å². The standard InChI is InChI=1S/C17H21BrN2O4S/c1-11-7-13(3-4-14(11)18)20-9-12(8-15(20)21)16(22)19-17(2)5-6-25(23,24)10-17/h3-4,7,12H,5-6,8-10H2,1-2H3,(H,19,22)/t12-,17+/m1/s1. The van der Waals surface area contributed by atoms with Crippen LogP contribution in [-0.4, -0.2) is 43.8 Å². The summed E-state index contributed by atoms with van der Waals surface area (Å²) in [5.74, 6) is -0.744. The average molecular weight is 429 g/mol. The Morgan fingerprint density at radius 2 is 2.12 bits per heavy atom. The molecule has 136 valence electrons. The maximum atomic E-state index is 12.6. The smallest absolute Gasteiger partial charge is 0.227 e. The van der Waals surface area contributed by atoms with Gasteiger partial charge >= 0.3 is 0 Å². The van der Waals surface area contributed by atoms with Crippen molar-refractivity contribution in [3.05, 3.63) is 28.2 Å². The van der Waals surface area contributed by atoms with Gasteiger partial charge in [0, 0.05) is 23.1 Å². The molecule has 0 aliphatic carbocycles. The van der Waals surface area contributed by atoms with Gasteiger partial charge in [0.25, 0.3) is 0 Å². The summed E-state index contributed by atoms with van der Waals surface area (Å²) in [5.41, 5.74) is 1.05. The Labute approximate surface area is 156 Å². The van der Waals surface area contributed by atoms with Crippen LogP contribution in [0.15, 0.2) is 22.7 Å². The Bertz CT molecular complexity index is 839. The number of nitrogens with zero attached hydrogens (tertiary/aromatic N) is 1. The zero-order valence-electron chi connectivity index (χ0n) is 14.2. The molecule has 0 bridgehead atoms. The van der Waals surface area contributed by atoms with Crippen LogP contribution in [0, 0.1) is 12.8 Å². The van der Waals surface area contributed by atoms with E-state index in [9.17, 15) is 18.0 Å². The molecule has 0 saturated carbocycles. The number of rotatable bonds is 3. The molecule has 2 amide bonds. The van der Waals surface area contributed by atoms with E-state index < -0.39 is 21.3 Å². The predicted molar refractivity (Wildman–Crippen MR) is 99.2 cm³/mol. The van der Waals surface area contributed by atoms with Gasteiger partial charge in [-0.3, -0.25) is 9.59 Å². The summed E-state index contributed by atoms with van der Waals surface area (Å²) in [7, 11) is -3.09. The van der Waals surface area contributed by atoms with E-state index in [4.69, 9.17) is 0 Å². The summed E-state index contributed by atoms with van der Waals surface area (Å²) in [6, 6.07) is 5.64. The van der Waals surface area contributed by atoms with Gasteiger partial charge in [0.05, 0.1) is 23.0 Å². The van der Waals surface area contributed by atoms with Crippen LogP contribution in [0.2, 0.25) is 0 Å². The molecule has 2 aliphatic rings. The number of halogens is 1. The van der Waals surface area contributed by atoms with Gasteiger partial charge in [0.2, 0.25) is 11.8 Å². The first-order valence-electron chi connectivity index (χ1n) is 8.18. The van der Waals surface area contributed by atoms with E-state index >= 15 is 0 Å². The Balaban J connectivity index is 1.70. The number of sulfone groups is 1. The molecule has 2 aliphatic heterocycles. The van der Waals surface area contributed by atoms with Crippen LogP contribution in [0.5, 0.6) is 0 Å². The molecule has 0 radical (unpaired) electrons. The molecule has 2 heterocycles. The number of benzene rings is 1. The van der Waals surface area contributed by atoms with Gasteiger partial charge in [-0.25, -0.2) is 8.42 Å². The van der Waals surface area contributed by atoms with Crippen molar-refractivity contribution in [2.75, 3.05) is 23.0 Å². The highest BCUT2D eigenvalue weighted by atomic mass is 79.9. The van der Waals surface area contributed by atoms with Crippen molar-refractivity contribution in [1.82, 2.24) is 5.32 Å². The minimum atomic E-state index is -3.09. The molecular weight excluding hydrogens is 408 g/mol. The number of aryl methyl sites for hydroxylation is 1. The highest BCUT2D eigenvalue weighted by Gasteiger charge is 2.42. The number of anilines is 1. The second kappa shape index (κ2) is 6.39. The van der Waals surface area contributed by atoms with Crippen molar-refractivity contribution in [3.8, 4) is 0 Å². The van der Waals surface area contributed by atoms with Gasteiger partial charge in [-0.2, -0.15) is 0 Å². The molecule has 1 aromatic carbocycles. The summed E-state index contributed by atoms with van der Waals surface area (Å²) in [6.45, 7) is 4.01. The number of hydrogen-bond acceptors (Lipinski definition) is 4. The van der Waals surface area contributed by atoms with Crippen molar-refractivity contribution >= 4 is 43.3 Å². The fourth-order valence-corrected chi connectivity index (χ4v) is 5.78. The third kappa shape index (κ3) is 3.89. The van der Waals surface area contributed by atoms with Crippen LogP contribution in [0.3, 0.4) is 0 Å². The third-order valence-corrected chi connectivity index (χ3v) is 7.67. The fraction of sp³-hybridized carbons (Fsp3) is 0.529. The average Bonchev–Trinajstić information content (AvgIpc) is 3.02. The summed E-state index contributed by atoms with van der Waals surface area (Å²) in [4.78, 5) is 26.5. The van der Waals surface area contributed by atoms with Crippen molar-refractivity contribution < 1.29 is 18.0 Å².